The monoisotopic (exact) mass is 469 g/mol. The van der Waals surface area contributed by atoms with Gasteiger partial charge in [-0.05, 0) is 34.0 Å². The number of non-ortho nitro benzene ring substituents is 1. The Hall–Kier alpha value is -5.06. The molecule has 174 valence electrons. The van der Waals surface area contributed by atoms with E-state index in [9.17, 15) is 19.7 Å². The van der Waals surface area contributed by atoms with Gasteiger partial charge in [0.2, 0.25) is 5.95 Å². The van der Waals surface area contributed by atoms with Gasteiger partial charge in [0.05, 0.1) is 17.7 Å². The van der Waals surface area contributed by atoms with Crippen LogP contribution in [0.1, 0.15) is 11.1 Å². The van der Waals surface area contributed by atoms with E-state index in [2.05, 4.69) is 20.5 Å². The van der Waals surface area contributed by atoms with E-state index in [1.807, 2.05) is 42.5 Å². The molecule has 0 radical (unpaired) electrons. The molecule has 0 unspecified atom stereocenters. The summed E-state index contributed by atoms with van der Waals surface area (Å²) in [5.74, 6) is 0.262. The van der Waals surface area contributed by atoms with E-state index in [-0.39, 0.29) is 22.8 Å². The summed E-state index contributed by atoms with van der Waals surface area (Å²) in [6, 6.07) is 19.7. The van der Waals surface area contributed by atoms with Crippen LogP contribution < -0.4 is 16.7 Å². The first-order valence-corrected chi connectivity index (χ1v) is 10.6. The number of benzene rings is 3. The van der Waals surface area contributed by atoms with Crippen LogP contribution in [-0.4, -0.2) is 30.2 Å². The van der Waals surface area contributed by atoms with Gasteiger partial charge in [-0.25, -0.2) is 10.2 Å². The predicted molar refractivity (Wildman–Crippen MR) is 133 cm³/mol. The van der Waals surface area contributed by atoms with E-state index in [0.717, 1.165) is 16.3 Å². The van der Waals surface area contributed by atoms with Gasteiger partial charge in [-0.15, -0.1) is 0 Å². The van der Waals surface area contributed by atoms with E-state index in [1.165, 1.54) is 30.0 Å². The fourth-order valence-corrected chi connectivity index (χ4v) is 3.92. The molecule has 0 aliphatic rings. The molecule has 35 heavy (non-hydrogen) atoms. The third-order valence-electron chi connectivity index (χ3n) is 5.70. The van der Waals surface area contributed by atoms with Crippen LogP contribution in [0.5, 0.6) is 0 Å². The maximum absolute atomic E-state index is 12.8. The van der Waals surface area contributed by atoms with Crippen LogP contribution in [-0.2, 0) is 13.6 Å². The summed E-state index contributed by atoms with van der Waals surface area (Å²) in [4.78, 5) is 42.1. The summed E-state index contributed by atoms with van der Waals surface area (Å²) in [6.07, 6.45) is 1.48. The minimum atomic E-state index is -0.571. The van der Waals surface area contributed by atoms with Crippen LogP contribution in [0.2, 0.25) is 0 Å². The second kappa shape index (κ2) is 8.71. The zero-order chi connectivity index (χ0) is 24.5. The molecule has 11 heteroatoms. The van der Waals surface area contributed by atoms with Crippen LogP contribution in [0.4, 0.5) is 11.6 Å². The van der Waals surface area contributed by atoms with Gasteiger partial charge < -0.3 is 0 Å². The van der Waals surface area contributed by atoms with Crippen LogP contribution in [0.3, 0.4) is 0 Å². The number of nitrogens with one attached hydrogen (secondary N) is 2. The average molecular weight is 469 g/mol. The van der Waals surface area contributed by atoms with Crippen molar-refractivity contribution in [2.45, 2.75) is 6.54 Å². The van der Waals surface area contributed by atoms with Gasteiger partial charge in [0.1, 0.15) is 0 Å². The zero-order valence-electron chi connectivity index (χ0n) is 18.5. The maximum Gasteiger partial charge on any atom is 0.329 e. The minimum Gasteiger partial charge on any atom is -0.298 e. The number of aromatic nitrogens is 4. The van der Waals surface area contributed by atoms with Crippen molar-refractivity contribution in [3.8, 4) is 0 Å². The Bertz CT molecular complexity index is 1720. The molecule has 5 aromatic rings. The van der Waals surface area contributed by atoms with Crippen LogP contribution in [0, 0.1) is 10.1 Å². The Morgan fingerprint density at radius 1 is 1.09 bits per heavy atom. The number of aromatic amines is 1. The summed E-state index contributed by atoms with van der Waals surface area (Å²) < 4.78 is 2.93. The van der Waals surface area contributed by atoms with Crippen molar-refractivity contribution >= 4 is 39.8 Å². The van der Waals surface area contributed by atoms with Crippen LogP contribution in [0.15, 0.2) is 81.4 Å². The summed E-state index contributed by atoms with van der Waals surface area (Å²) in [5, 5.41) is 17.1. The zero-order valence-corrected chi connectivity index (χ0v) is 18.5. The van der Waals surface area contributed by atoms with Gasteiger partial charge in [-0.1, -0.05) is 42.5 Å². The summed E-state index contributed by atoms with van der Waals surface area (Å²) in [7, 11) is 1.53. The molecule has 2 N–H and O–H groups in total. The number of aryl methyl sites for hydroxylation is 1. The van der Waals surface area contributed by atoms with E-state index in [1.54, 1.807) is 16.7 Å². The molecule has 0 spiro atoms. The molecule has 0 aliphatic heterocycles. The second-order valence-electron chi connectivity index (χ2n) is 7.87. The van der Waals surface area contributed by atoms with Crippen molar-refractivity contribution in [3.05, 3.63) is 109 Å². The van der Waals surface area contributed by atoms with Crippen molar-refractivity contribution in [1.29, 1.82) is 0 Å². The SMILES string of the molecule is Cn1c(=O)[nH]c(=O)c2c1nc(N/N=C/c1ccc([N+](=O)[O-])cc1)n2Cc1cccc2ccccc12. The first kappa shape index (κ1) is 21.8. The standard InChI is InChI=1S/C24H19N7O4/c1-29-21-20(22(32)27-24(29)33)30(14-17-7-4-6-16-5-2-3-8-19(16)17)23(26-21)28-25-13-15-9-11-18(12-10-15)31(34)35/h2-13H,14H2,1H3,(H,26,28)(H,27,32,33)/b25-13+. The minimum absolute atomic E-state index is 0.0212. The number of hydrogen-bond acceptors (Lipinski definition) is 7. The number of nitro groups is 1. The van der Waals surface area contributed by atoms with E-state index in [0.29, 0.717) is 12.1 Å². The highest BCUT2D eigenvalue weighted by molar-refractivity contribution is 5.86. The third kappa shape index (κ3) is 4.06. The molecule has 0 aliphatic carbocycles. The van der Waals surface area contributed by atoms with Gasteiger partial charge >= 0.3 is 5.69 Å². The normalized spacial score (nSPS) is 11.5. The molecule has 5 rings (SSSR count). The van der Waals surface area contributed by atoms with Crippen LogP contribution in [0.25, 0.3) is 21.9 Å². The molecule has 11 nitrogen and oxygen atoms in total. The highest BCUT2D eigenvalue weighted by Crippen LogP contribution is 2.23. The number of rotatable bonds is 6. The third-order valence-corrected chi connectivity index (χ3v) is 5.70. The average Bonchev–Trinajstić information content (AvgIpc) is 3.22. The molecule has 0 saturated heterocycles. The van der Waals surface area contributed by atoms with Crippen molar-refractivity contribution in [2.75, 3.05) is 5.43 Å². The van der Waals surface area contributed by atoms with Crippen molar-refractivity contribution < 1.29 is 4.92 Å². The van der Waals surface area contributed by atoms with Gasteiger partial charge in [-0.2, -0.15) is 10.1 Å². The number of fused-ring (bicyclic) bond motifs is 2. The molecule has 3 aromatic carbocycles. The Balaban J connectivity index is 1.57. The van der Waals surface area contributed by atoms with E-state index < -0.39 is 16.2 Å². The number of imidazole rings is 1. The Morgan fingerprint density at radius 3 is 2.60 bits per heavy atom. The lowest BCUT2D eigenvalue weighted by Crippen LogP contribution is -2.29. The Labute approximate surface area is 197 Å². The predicted octanol–water partition coefficient (Wildman–Crippen LogP) is 2.98. The van der Waals surface area contributed by atoms with Gasteiger partial charge in [0.15, 0.2) is 11.2 Å². The number of H-pyrrole nitrogens is 1. The van der Waals surface area contributed by atoms with Crippen LogP contribution >= 0.6 is 0 Å². The lowest BCUT2D eigenvalue weighted by molar-refractivity contribution is -0.384. The van der Waals surface area contributed by atoms with Crippen molar-refractivity contribution in [1.82, 2.24) is 19.1 Å². The topological polar surface area (TPSA) is 140 Å². The second-order valence-corrected chi connectivity index (χ2v) is 7.87. The van der Waals surface area contributed by atoms with Gasteiger partial charge in [0, 0.05) is 19.2 Å². The number of nitro benzene ring substituents is 1. The lowest BCUT2D eigenvalue weighted by atomic mass is 10.0. The van der Waals surface area contributed by atoms with E-state index >= 15 is 0 Å². The summed E-state index contributed by atoms with van der Waals surface area (Å²) in [6.45, 7) is 0.300. The first-order chi connectivity index (χ1) is 16.9. The van der Waals surface area contributed by atoms with Crippen molar-refractivity contribution in [2.24, 2.45) is 12.1 Å². The number of nitrogens with zero attached hydrogens (tertiary/aromatic N) is 5. The van der Waals surface area contributed by atoms with Gasteiger partial charge in [0.25, 0.3) is 11.2 Å². The fourth-order valence-electron chi connectivity index (χ4n) is 3.92. The Morgan fingerprint density at radius 2 is 1.83 bits per heavy atom. The van der Waals surface area contributed by atoms with Gasteiger partial charge in [-0.3, -0.25) is 29.0 Å². The number of hydrazone groups is 1. The first-order valence-electron chi connectivity index (χ1n) is 10.6. The largest absolute Gasteiger partial charge is 0.329 e. The van der Waals surface area contributed by atoms with Crippen molar-refractivity contribution in [3.63, 3.8) is 0 Å². The lowest BCUT2D eigenvalue weighted by Gasteiger charge is -2.11. The summed E-state index contributed by atoms with van der Waals surface area (Å²) in [5.41, 5.74) is 3.74. The number of hydrogen-bond donors (Lipinski definition) is 2. The molecule has 2 heterocycles. The smallest absolute Gasteiger partial charge is 0.298 e. The molecule has 0 amide bonds. The summed E-state index contributed by atoms with van der Waals surface area (Å²) >= 11 is 0. The fraction of sp³-hybridized carbons (Fsp3) is 0.0833. The maximum atomic E-state index is 12.8. The highest BCUT2D eigenvalue weighted by atomic mass is 16.6. The quantitative estimate of drug-likeness (QED) is 0.223. The highest BCUT2D eigenvalue weighted by Gasteiger charge is 2.18. The molecule has 2 aromatic heterocycles. The molecule has 0 fully saturated rings. The van der Waals surface area contributed by atoms with E-state index in [4.69, 9.17) is 0 Å². The molecule has 0 saturated carbocycles. The number of anilines is 1. The molecule has 0 bridgehead atoms. The molecular weight excluding hydrogens is 450 g/mol. The molecule has 0 atom stereocenters. The molecular formula is C24H19N7O4. The Kier molecular flexibility index (Phi) is 5.41.